The van der Waals surface area contributed by atoms with E-state index in [0.29, 0.717) is 76.5 Å². The topological polar surface area (TPSA) is 104 Å². The monoisotopic (exact) mass is 718 g/mol. The van der Waals surface area contributed by atoms with Crippen LogP contribution in [0.3, 0.4) is 0 Å². The first-order valence-corrected chi connectivity index (χ1v) is 11.4. The van der Waals surface area contributed by atoms with Crippen LogP contribution in [0.25, 0.3) is 11.0 Å². The molecule has 0 radical (unpaired) electrons. The second-order valence-electron chi connectivity index (χ2n) is 5.24. The molecule has 3 atom stereocenters. The minimum atomic E-state index is -0.227. The summed E-state index contributed by atoms with van der Waals surface area (Å²) in [6.07, 6.45) is 2.34. The summed E-state index contributed by atoms with van der Waals surface area (Å²) < 4.78 is 18.9. The van der Waals surface area contributed by atoms with E-state index in [0.717, 1.165) is 5.56 Å². The van der Waals surface area contributed by atoms with Gasteiger partial charge in [-0.25, -0.2) is 0 Å². The van der Waals surface area contributed by atoms with E-state index in [9.17, 15) is 4.79 Å². The first-order chi connectivity index (χ1) is 11.5. The van der Waals surface area contributed by atoms with Crippen molar-refractivity contribution in [3.63, 3.8) is 0 Å². The van der Waals surface area contributed by atoms with Crippen molar-refractivity contribution >= 4 is 69.4 Å². The average molecular weight is 717 g/mol. The Morgan fingerprint density at radius 2 is 2.21 bits per heavy atom. The molecule has 0 saturated carbocycles. The number of ether oxygens (including phenoxy) is 1. The molecule has 3 heterocycles. The predicted molar refractivity (Wildman–Crippen MR) is 91.7 cm³/mol. The Labute approximate surface area is 173 Å². The molecule has 0 aliphatic carbocycles. The van der Waals surface area contributed by atoms with E-state index >= 15 is 0 Å². The molecule has 10 heteroatoms. The number of nitrogens with two attached hydrogens (primary N) is 1. The Morgan fingerprint density at radius 1 is 1.50 bits per heavy atom. The summed E-state index contributed by atoms with van der Waals surface area (Å²) in [6, 6.07) is 0. The number of aromatic nitrogens is 3. The molecule has 1 aliphatic rings. The summed E-state index contributed by atoms with van der Waals surface area (Å²) in [7, 11) is 0. The Hall–Kier alpha value is -0.0558. The number of aryl methyl sites for hydroxylation is 1. The first kappa shape index (κ1) is 20.3. The third kappa shape index (κ3) is 4.02. The van der Waals surface area contributed by atoms with E-state index in [2.05, 4.69) is 9.97 Å². The number of nitrogens with zero attached hydrogens (tertiary/aromatic N) is 2. The number of rotatable bonds is 4. The van der Waals surface area contributed by atoms with Crippen molar-refractivity contribution in [2.24, 2.45) is 0 Å². The molecular formula is C14H20N4O4Tl2. The van der Waals surface area contributed by atoms with Crippen molar-refractivity contribution < 1.29 is 10.1 Å². The summed E-state index contributed by atoms with van der Waals surface area (Å²) in [5, 5.41) is 0.548. The standard InChI is InChI=1S/C12H14N4O4.C2H6.2Tl/c1-5-3-16(8-2-6(18)7(4-17)20-8)10-9(5)11(19)15-12(13)14-10;1-2;;/h3,6-8H,2,4H2,1H3,(H3,13,14,15,19);1-2H3;;/q-2;;2*+1. The van der Waals surface area contributed by atoms with E-state index in [1.165, 1.54) is 0 Å². The van der Waals surface area contributed by atoms with Crippen LogP contribution in [-0.4, -0.2) is 85.8 Å². The maximum absolute atomic E-state index is 12.1. The molecule has 1 aliphatic heterocycles. The van der Waals surface area contributed by atoms with Crippen molar-refractivity contribution in [1.29, 1.82) is 0 Å². The van der Waals surface area contributed by atoms with Crippen LogP contribution in [0.4, 0.5) is 5.95 Å². The molecule has 0 bridgehead atoms. The van der Waals surface area contributed by atoms with Crippen molar-refractivity contribution in [2.45, 2.75) is 45.6 Å². The average Bonchev–Trinajstić information content (AvgIpc) is 3.10. The number of hydrogen-bond donors (Lipinski definition) is 2. The van der Waals surface area contributed by atoms with Crippen molar-refractivity contribution in [1.82, 2.24) is 14.5 Å². The number of nitrogen functional groups attached to an aromatic ring is 1. The molecule has 3 unspecified atom stereocenters. The van der Waals surface area contributed by atoms with Crippen LogP contribution in [0.15, 0.2) is 11.0 Å². The molecule has 24 heavy (non-hydrogen) atoms. The Balaban J connectivity index is 0.00000100. The fourth-order valence-electron chi connectivity index (χ4n) is 2.83. The fourth-order valence-corrected chi connectivity index (χ4v) is 4.68. The number of hydrogen-bond acceptors (Lipinski definition) is 6. The third-order valence-corrected chi connectivity index (χ3v) is 5.92. The second kappa shape index (κ2) is 9.05. The van der Waals surface area contributed by atoms with Gasteiger partial charge in [0.2, 0.25) is 0 Å². The molecule has 126 valence electrons. The van der Waals surface area contributed by atoms with Crippen molar-refractivity contribution in [3.8, 4) is 0 Å². The van der Waals surface area contributed by atoms with Crippen LogP contribution >= 0.6 is 0 Å². The van der Waals surface area contributed by atoms with E-state index in [-0.39, 0.29) is 29.9 Å². The normalized spacial score (nSPS) is 23.1. The first-order valence-electron chi connectivity index (χ1n) is 7.74. The molecule has 8 nitrogen and oxygen atoms in total. The van der Waals surface area contributed by atoms with Crippen LogP contribution in [0.2, 0.25) is 0 Å². The maximum atomic E-state index is 12.1. The Bertz CT molecular complexity index is 748. The number of nitrogens with one attached hydrogen (secondary N) is 1. The van der Waals surface area contributed by atoms with Gasteiger partial charge < -0.3 is 0 Å². The number of H-pyrrole nitrogens is 1. The van der Waals surface area contributed by atoms with Gasteiger partial charge in [-0.05, 0) is 0 Å². The minimum absolute atomic E-state index is 0.0332. The summed E-state index contributed by atoms with van der Waals surface area (Å²) in [5.74, 6) is 0.104. The fraction of sp³-hybridized carbons (Fsp3) is 0.571. The zero-order chi connectivity index (χ0) is 17.9. The zero-order valence-corrected chi connectivity index (χ0v) is 23.0. The van der Waals surface area contributed by atoms with E-state index in [1.54, 1.807) is 0 Å². The van der Waals surface area contributed by atoms with Gasteiger partial charge in [-0.3, -0.25) is 0 Å². The molecule has 0 spiro atoms. The molecule has 1 fully saturated rings. The van der Waals surface area contributed by atoms with Gasteiger partial charge in [0.15, 0.2) is 0 Å². The van der Waals surface area contributed by atoms with Gasteiger partial charge in [0, 0.05) is 0 Å². The molecule has 0 amide bonds. The van der Waals surface area contributed by atoms with Gasteiger partial charge in [0.05, 0.1) is 0 Å². The summed E-state index contributed by atoms with van der Waals surface area (Å²) >= 11 is 0.913. The van der Waals surface area contributed by atoms with E-state index in [4.69, 9.17) is 15.8 Å². The van der Waals surface area contributed by atoms with Crippen LogP contribution in [-0.2, 0) is 10.1 Å². The molecular weight excluding hydrogens is 697 g/mol. The summed E-state index contributed by atoms with van der Waals surface area (Å²) in [5.41, 5.74) is 6.85. The second-order valence-corrected chi connectivity index (χ2v) is 7.60. The van der Waals surface area contributed by atoms with Gasteiger partial charge in [0.1, 0.15) is 0 Å². The van der Waals surface area contributed by atoms with E-state index < -0.39 is 0 Å². The molecule has 3 rings (SSSR count). The SMILES string of the molecule is CC.Cc1cn(C2CC([O][Tl])C(C[O][Tl])O2)c2nc(N)[nH]c(=O)c12. The molecule has 2 aromatic rings. The predicted octanol–water partition coefficient (Wildman–Crippen LogP) is 0.498. The van der Waals surface area contributed by atoms with Crippen LogP contribution in [0.5, 0.6) is 0 Å². The molecule has 1 saturated heterocycles. The zero-order valence-electron chi connectivity index (χ0n) is 14.0. The number of fused-ring (bicyclic) bond motifs is 1. The quantitative estimate of drug-likeness (QED) is 0.447. The Morgan fingerprint density at radius 3 is 2.83 bits per heavy atom. The van der Waals surface area contributed by atoms with Crippen LogP contribution in [0, 0.1) is 6.92 Å². The van der Waals surface area contributed by atoms with Gasteiger partial charge in [-0.1, -0.05) is 13.8 Å². The Kier molecular flexibility index (Phi) is 7.64. The van der Waals surface area contributed by atoms with E-state index in [1.807, 2.05) is 31.5 Å². The summed E-state index contributed by atoms with van der Waals surface area (Å²) in [4.78, 5) is 18.9. The van der Waals surface area contributed by atoms with Gasteiger partial charge in [0.25, 0.3) is 0 Å². The number of aromatic amines is 1. The van der Waals surface area contributed by atoms with Crippen molar-refractivity contribution in [2.75, 3.05) is 12.3 Å². The molecule has 2 aromatic heterocycles. The number of anilines is 1. The summed E-state index contributed by atoms with van der Waals surface area (Å²) in [6.45, 7) is 6.43. The van der Waals surface area contributed by atoms with Crippen molar-refractivity contribution in [3.05, 3.63) is 22.1 Å². The van der Waals surface area contributed by atoms with Gasteiger partial charge in [-0.2, -0.15) is 0 Å². The van der Waals surface area contributed by atoms with Gasteiger partial charge >= 0.3 is 160 Å². The van der Waals surface area contributed by atoms with Gasteiger partial charge in [-0.15, -0.1) is 0 Å². The molecule has 0 aromatic carbocycles. The van der Waals surface area contributed by atoms with Crippen LogP contribution < -0.4 is 11.3 Å². The van der Waals surface area contributed by atoms with Crippen LogP contribution in [0.1, 0.15) is 32.1 Å². The third-order valence-electron chi connectivity index (χ3n) is 3.82. The molecule has 3 N–H and O–H groups in total.